The summed E-state index contributed by atoms with van der Waals surface area (Å²) < 4.78 is 17.7. The molecular formula is C12H10FNO2S. The molecule has 2 aromatic rings. The Balaban J connectivity index is 1.95. The number of ether oxygens (including phenoxy) is 1. The average Bonchev–Trinajstić information content (AvgIpc) is 2.73. The van der Waals surface area contributed by atoms with Crippen molar-refractivity contribution in [3.05, 3.63) is 51.7 Å². The van der Waals surface area contributed by atoms with Gasteiger partial charge >= 0.3 is 5.97 Å². The molecule has 17 heavy (non-hydrogen) atoms. The van der Waals surface area contributed by atoms with Crippen LogP contribution in [0.4, 0.5) is 4.39 Å². The lowest BCUT2D eigenvalue weighted by atomic mass is 10.2. The van der Waals surface area contributed by atoms with Gasteiger partial charge in [0, 0.05) is 11.1 Å². The van der Waals surface area contributed by atoms with Crippen LogP contribution >= 0.6 is 11.3 Å². The molecule has 0 aliphatic heterocycles. The SMILES string of the molecule is Cc1csc(COC(=O)c2ccc(F)cc2)n1. The van der Waals surface area contributed by atoms with Gasteiger partial charge in [0.25, 0.3) is 0 Å². The Morgan fingerprint density at radius 2 is 2.12 bits per heavy atom. The van der Waals surface area contributed by atoms with Crippen molar-refractivity contribution < 1.29 is 13.9 Å². The standard InChI is InChI=1S/C12H10FNO2S/c1-8-7-17-11(14-8)6-16-12(15)9-2-4-10(13)5-3-9/h2-5,7H,6H2,1H3. The quantitative estimate of drug-likeness (QED) is 0.787. The molecule has 0 bridgehead atoms. The molecule has 88 valence electrons. The van der Waals surface area contributed by atoms with Crippen LogP contribution < -0.4 is 0 Å². The van der Waals surface area contributed by atoms with E-state index >= 15 is 0 Å². The van der Waals surface area contributed by atoms with Crippen LogP contribution in [0.5, 0.6) is 0 Å². The molecule has 1 aromatic carbocycles. The van der Waals surface area contributed by atoms with Crippen molar-refractivity contribution in [3.63, 3.8) is 0 Å². The topological polar surface area (TPSA) is 39.2 Å². The van der Waals surface area contributed by atoms with Crippen molar-refractivity contribution in [1.82, 2.24) is 4.98 Å². The van der Waals surface area contributed by atoms with Gasteiger partial charge in [-0.15, -0.1) is 11.3 Å². The van der Waals surface area contributed by atoms with E-state index < -0.39 is 5.97 Å². The van der Waals surface area contributed by atoms with Gasteiger partial charge < -0.3 is 4.74 Å². The molecule has 0 amide bonds. The molecule has 0 radical (unpaired) electrons. The maximum atomic E-state index is 12.6. The first-order chi connectivity index (χ1) is 8.15. The Kier molecular flexibility index (Phi) is 3.49. The molecule has 5 heteroatoms. The maximum absolute atomic E-state index is 12.6. The number of hydrogen-bond acceptors (Lipinski definition) is 4. The number of aromatic nitrogens is 1. The van der Waals surface area contributed by atoms with Gasteiger partial charge in [0.15, 0.2) is 0 Å². The molecule has 0 N–H and O–H groups in total. The number of carbonyl (C=O) groups excluding carboxylic acids is 1. The Morgan fingerprint density at radius 1 is 1.41 bits per heavy atom. The molecule has 0 saturated carbocycles. The first-order valence-electron chi connectivity index (χ1n) is 4.99. The van der Waals surface area contributed by atoms with E-state index in [-0.39, 0.29) is 12.4 Å². The third-order valence-corrected chi connectivity index (χ3v) is 3.01. The largest absolute Gasteiger partial charge is 0.455 e. The van der Waals surface area contributed by atoms with E-state index in [1.165, 1.54) is 35.6 Å². The highest BCUT2D eigenvalue weighted by atomic mass is 32.1. The number of rotatable bonds is 3. The second-order valence-electron chi connectivity index (χ2n) is 3.47. The number of hydrogen-bond donors (Lipinski definition) is 0. The Morgan fingerprint density at radius 3 is 2.71 bits per heavy atom. The fourth-order valence-corrected chi connectivity index (χ4v) is 1.95. The molecule has 0 aliphatic carbocycles. The molecule has 1 heterocycles. The molecule has 2 rings (SSSR count). The van der Waals surface area contributed by atoms with Crippen LogP contribution in [0.15, 0.2) is 29.6 Å². The second-order valence-corrected chi connectivity index (χ2v) is 4.41. The Bertz CT molecular complexity index is 522. The van der Waals surface area contributed by atoms with Gasteiger partial charge in [-0.05, 0) is 31.2 Å². The fraction of sp³-hybridized carbons (Fsp3) is 0.167. The molecule has 0 unspecified atom stereocenters. The zero-order chi connectivity index (χ0) is 12.3. The molecule has 0 spiro atoms. The van der Waals surface area contributed by atoms with E-state index in [1.807, 2.05) is 12.3 Å². The molecule has 0 saturated heterocycles. The molecule has 0 aliphatic rings. The number of benzene rings is 1. The van der Waals surface area contributed by atoms with E-state index in [1.54, 1.807) is 0 Å². The predicted octanol–water partition coefficient (Wildman–Crippen LogP) is 2.95. The van der Waals surface area contributed by atoms with Gasteiger partial charge in [0.2, 0.25) is 0 Å². The normalized spacial score (nSPS) is 10.2. The van der Waals surface area contributed by atoms with Crippen LogP contribution in [0.2, 0.25) is 0 Å². The molecule has 0 fully saturated rings. The highest BCUT2D eigenvalue weighted by Gasteiger charge is 2.08. The van der Waals surface area contributed by atoms with E-state index in [9.17, 15) is 9.18 Å². The summed E-state index contributed by atoms with van der Waals surface area (Å²) in [5, 5.41) is 2.64. The molecular weight excluding hydrogens is 241 g/mol. The lowest BCUT2D eigenvalue weighted by molar-refractivity contribution is 0.0472. The van der Waals surface area contributed by atoms with E-state index in [0.717, 1.165) is 10.7 Å². The van der Waals surface area contributed by atoms with Crippen molar-refractivity contribution in [1.29, 1.82) is 0 Å². The van der Waals surface area contributed by atoms with Crippen molar-refractivity contribution in [2.45, 2.75) is 13.5 Å². The first-order valence-corrected chi connectivity index (χ1v) is 5.87. The zero-order valence-electron chi connectivity index (χ0n) is 9.14. The van der Waals surface area contributed by atoms with Gasteiger partial charge in [0.1, 0.15) is 17.4 Å². The van der Waals surface area contributed by atoms with Crippen molar-refractivity contribution in [3.8, 4) is 0 Å². The summed E-state index contributed by atoms with van der Waals surface area (Å²) >= 11 is 1.44. The van der Waals surface area contributed by atoms with Crippen LogP contribution in [-0.2, 0) is 11.3 Å². The number of nitrogens with zero attached hydrogens (tertiary/aromatic N) is 1. The molecule has 3 nitrogen and oxygen atoms in total. The molecule has 1 aromatic heterocycles. The fourth-order valence-electron chi connectivity index (χ4n) is 1.27. The number of carbonyl (C=O) groups is 1. The maximum Gasteiger partial charge on any atom is 0.338 e. The number of thiazole rings is 1. The Hall–Kier alpha value is -1.75. The summed E-state index contributed by atoms with van der Waals surface area (Å²) in [5.41, 5.74) is 1.24. The summed E-state index contributed by atoms with van der Waals surface area (Å²) in [5.74, 6) is -0.852. The smallest absolute Gasteiger partial charge is 0.338 e. The zero-order valence-corrected chi connectivity index (χ0v) is 9.96. The minimum atomic E-state index is -0.474. The minimum absolute atomic E-state index is 0.148. The van der Waals surface area contributed by atoms with Crippen LogP contribution in [-0.4, -0.2) is 11.0 Å². The van der Waals surface area contributed by atoms with Gasteiger partial charge in [-0.2, -0.15) is 0 Å². The van der Waals surface area contributed by atoms with Gasteiger partial charge in [0.05, 0.1) is 5.56 Å². The third kappa shape index (κ3) is 3.10. The van der Waals surface area contributed by atoms with Gasteiger partial charge in [-0.3, -0.25) is 0 Å². The van der Waals surface area contributed by atoms with Crippen molar-refractivity contribution in [2.75, 3.05) is 0 Å². The summed E-state index contributed by atoms with van der Waals surface area (Å²) in [6, 6.07) is 5.24. The molecule has 0 atom stereocenters. The number of esters is 1. The Labute approximate surface area is 102 Å². The van der Waals surface area contributed by atoms with Crippen LogP contribution in [0.1, 0.15) is 21.1 Å². The first kappa shape index (κ1) is 11.7. The summed E-state index contributed by atoms with van der Waals surface area (Å²) in [6.07, 6.45) is 0. The highest BCUT2D eigenvalue weighted by Crippen LogP contribution is 2.11. The number of aryl methyl sites for hydroxylation is 1. The number of halogens is 1. The van der Waals surface area contributed by atoms with E-state index in [4.69, 9.17) is 4.74 Å². The minimum Gasteiger partial charge on any atom is -0.455 e. The van der Waals surface area contributed by atoms with Gasteiger partial charge in [-0.25, -0.2) is 14.2 Å². The summed E-state index contributed by atoms with van der Waals surface area (Å²) in [4.78, 5) is 15.7. The van der Waals surface area contributed by atoms with E-state index in [0.29, 0.717) is 5.56 Å². The van der Waals surface area contributed by atoms with Crippen LogP contribution in [0.25, 0.3) is 0 Å². The van der Waals surface area contributed by atoms with Crippen molar-refractivity contribution in [2.24, 2.45) is 0 Å². The van der Waals surface area contributed by atoms with Crippen LogP contribution in [0, 0.1) is 12.7 Å². The third-order valence-electron chi connectivity index (χ3n) is 2.07. The lowest BCUT2D eigenvalue weighted by Gasteiger charge is -2.02. The van der Waals surface area contributed by atoms with Gasteiger partial charge in [-0.1, -0.05) is 0 Å². The highest BCUT2D eigenvalue weighted by molar-refractivity contribution is 7.09. The van der Waals surface area contributed by atoms with Crippen LogP contribution in [0.3, 0.4) is 0 Å². The lowest BCUT2D eigenvalue weighted by Crippen LogP contribution is -2.05. The summed E-state index contributed by atoms with van der Waals surface area (Å²) in [7, 11) is 0. The van der Waals surface area contributed by atoms with Crippen molar-refractivity contribution >= 4 is 17.3 Å². The summed E-state index contributed by atoms with van der Waals surface area (Å²) in [6.45, 7) is 2.02. The monoisotopic (exact) mass is 251 g/mol. The second kappa shape index (κ2) is 5.05. The predicted molar refractivity (Wildman–Crippen MR) is 62.4 cm³/mol. The average molecular weight is 251 g/mol. The van der Waals surface area contributed by atoms with E-state index in [2.05, 4.69) is 4.98 Å².